The molecule has 2 bridgehead atoms. The maximum Gasteiger partial charge on any atom is 0.411 e. The van der Waals surface area contributed by atoms with Gasteiger partial charge >= 0.3 is 6.18 Å². The minimum absolute atomic E-state index is 0.00926. The van der Waals surface area contributed by atoms with E-state index in [9.17, 15) is 22.8 Å². The van der Waals surface area contributed by atoms with Crippen molar-refractivity contribution in [3.05, 3.63) is 29.3 Å². The second kappa shape index (κ2) is 8.57. The number of halogens is 3. The zero-order valence-corrected chi connectivity index (χ0v) is 18.4. The number of fused-ring (bicyclic) bond motifs is 2. The summed E-state index contributed by atoms with van der Waals surface area (Å²) in [6, 6.07) is 5.72. The Hall–Kier alpha value is -2.29. The summed E-state index contributed by atoms with van der Waals surface area (Å²) >= 11 is 0. The Labute approximate surface area is 185 Å². The van der Waals surface area contributed by atoms with Crippen LogP contribution in [0.2, 0.25) is 0 Å². The molecule has 2 saturated heterocycles. The molecule has 0 radical (unpaired) electrons. The quantitative estimate of drug-likeness (QED) is 0.665. The fourth-order valence-electron chi connectivity index (χ4n) is 5.22. The molecule has 1 aromatic carbocycles. The molecular formula is C23H30F3N3O3. The van der Waals surface area contributed by atoms with Crippen molar-refractivity contribution in [2.24, 2.45) is 5.92 Å². The number of amides is 2. The number of piperidine rings is 1. The normalized spacial score (nSPS) is 26.5. The van der Waals surface area contributed by atoms with E-state index in [1.807, 2.05) is 19.1 Å². The lowest BCUT2D eigenvalue weighted by Crippen LogP contribution is -2.54. The van der Waals surface area contributed by atoms with Crippen LogP contribution in [0.1, 0.15) is 54.4 Å². The molecule has 1 saturated carbocycles. The summed E-state index contributed by atoms with van der Waals surface area (Å²) in [7, 11) is 1.56. The summed E-state index contributed by atoms with van der Waals surface area (Å²) in [5, 5.41) is 5.24. The van der Waals surface area contributed by atoms with Gasteiger partial charge in [-0.05, 0) is 75.1 Å². The van der Waals surface area contributed by atoms with E-state index in [-0.39, 0.29) is 43.3 Å². The van der Waals surface area contributed by atoms with Gasteiger partial charge in [-0.2, -0.15) is 13.2 Å². The van der Waals surface area contributed by atoms with E-state index in [4.69, 9.17) is 4.74 Å². The number of carbonyl (C=O) groups excluding carboxylic acids is 2. The molecule has 9 heteroatoms. The van der Waals surface area contributed by atoms with Crippen LogP contribution in [-0.2, 0) is 4.79 Å². The van der Waals surface area contributed by atoms with E-state index >= 15 is 0 Å². The number of aryl methyl sites for hydroxylation is 1. The number of carbonyl (C=O) groups is 2. The van der Waals surface area contributed by atoms with Crippen LogP contribution in [-0.4, -0.2) is 60.7 Å². The lowest BCUT2D eigenvalue weighted by atomic mass is 9.90. The molecule has 4 rings (SSSR count). The first-order valence-corrected chi connectivity index (χ1v) is 11.2. The maximum atomic E-state index is 13.1. The average Bonchev–Trinajstić information content (AvgIpc) is 3.48. The van der Waals surface area contributed by atoms with Crippen LogP contribution in [0.5, 0.6) is 5.75 Å². The van der Waals surface area contributed by atoms with Gasteiger partial charge < -0.3 is 15.4 Å². The second-order valence-corrected chi connectivity index (χ2v) is 9.47. The molecular weight excluding hydrogens is 423 g/mol. The summed E-state index contributed by atoms with van der Waals surface area (Å²) in [5.41, 5.74) is -0.514. The maximum absolute atomic E-state index is 13.1. The minimum Gasteiger partial charge on any atom is -0.497 e. The minimum atomic E-state index is -4.39. The molecule has 6 nitrogen and oxygen atoms in total. The highest BCUT2D eigenvalue weighted by Gasteiger charge is 2.64. The first-order chi connectivity index (χ1) is 15.1. The predicted molar refractivity (Wildman–Crippen MR) is 112 cm³/mol. The zero-order chi connectivity index (χ0) is 23.1. The lowest BCUT2D eigenvalue weighted by molar-refractivity contribution is -0.170. The number of hydrogen-bond acceptors (Lipinski definition) is 4. The summed E-state index contributed by atoms with van der Waals surface area (Å²) in [4.78, 5) is 27.0. The topological polar surface area (TPSA) is 70.7 Å². The molecule has 1 aromatic rings. The van der Waals surface area contributed by atoms with E-state index in [0.717, 1.165) is 31.2 Å². The van der Waals surface area contributed by atoms with Crippen LogP contribution in [0.15, 0.2) is 18.2 Å². The molecule has 1 unspecified atom stereocenters. The Bertz CT molecular complexity index is 871. The number of alkyl halides is 3. The molecule has 2 heterocycles. The van der Waals surface area contributed by atoms with Crippen molar-refractivity contribution in [3.8, 4) is 5.75 Å². The Kier molecular flexibility index (Phi) is 6.13. The molecule has 2 aliphatic heterocycles. The first kappa shape index (κ1) is 22.9. The number of rotatable bonds is 7. The zero-order valence-electron chi connectivity index (χ0n) is 18.4. The second-order valence-electron chi connectivity index (χ2n) is 9.47. The monoisotopic (exact) mass is 453 g/mol. The van der Waals surface area contributed by atoms with Crippen LogP contribution in [0.3, 0.4) is 0 Å². The van der Waals surface area contributed by atoms with Gasteiger partial charge in [0.15, 0.2) is 0 Å². The van der Waals surface area contributed by atoms with Crippen molar-refractivity contribution in [2.75, 3.05) is 20.2 Å². The molecule has 0 aromatic heterocycles. The number of ether oxygens (including phenoxy) is 1. The largest absolute Gasteiger partial charge is 0.497 e. The summed E-state index contributed by atoms with van der Waals surface area (Å²) in [6.45, 7) is 2.46. The summed E-state index contributed by atoms with van der Waals surface area (Å²) in [6.07, 6.45) is -0.956. The van der Waals surface area contributed by atoms with Crippen LogP contribution in [0.25, 0.3) is 0 Å². The fourth-order valence-corrected chi connectivity index (χ4v) is 5.22. The molecule has 3 fully saturated rings. The summed E-state index contributed by atoms with van der Waals surface area (Å²) < 4.78 is 44.6. The third-order valence-electron chi connectivity index (χ3n) is 7.08. The van der Waals surface area contributed by atoms with Gasteiger partial charge in [-0.3, -0.25) is 14.5 Å². The number of methoxy groups -OCH3 is 1. The smallest absolute Gasteiger partial charge is 0.411 e. The Morgan fingerprint density at radius 3 is 2.38 bits per heavy atom. The van der Waals surface area contributed by atoms with E-state index in [2.05, 4.69) is 15.5 Å². The van der Waals surface area contributed by atoms with Crippen LogP contribution >= 0.6 is 0 Å². The van der Waals surface area contributed by atoms with Crippen molar-refractivity contribution in [1.29, 1.82) is 0 Å². The highest BCUT2D eigenvalue weighted by atomic mass is 19.4. The standard InChI is InChI=1S/C23H30F3N3O3/c1-14-7-16(11-19(8-14)32-2)21(31)27-12-15-9-17-3-4-18(10-15)29(17)13-20(30)28-22(5-6-22)23(24,25)26/h7-8,11,15,17-18H,3-6,9-10,12-13H2,1-2H3,(H,27,31)(H,28,30)/t15?,17-,18+. The highest BCUT2D eigenvalue weighted by Crippen LogP contribution is 2.49. The third kappa shape index (κ3) is 4.72. The van der Waals surface area contributed by atoms with Gasteiger partial charge in [0.2, 0.25) is 5.91 Å². The van der Waals surface area contributed by atoms with Crippen LogP contribution < -0.4 is 15.4 Å². The number of benzene rings is 1. The van der Waals surface area contributed by atoms with E-state index in [1.54, 1.807) is 13.2 Å². The van der Waals surface area contributed by atoms with E-state index in [1.165, 1.54) is 0 Å². The lowest BCUT2D eigenvalue weighted by Gasteiger charge is -2.39. The SMILES string of the molecule is COc1cc(C)cc(C(=O)NCC2C[C@H]3CC[C@@H](C2)N3CC(=O)NC2(C(F)(F)F)CC2)c1. The first-order valence-electron chi connectivity index (χ1n) is 11.2. The average molecular weight is 454 g/mol. The number of nitrogens with one attached hydrogen (secondary N) is 2. The van der Waals surface area contributed by atoms with E-state index < -0.39 is 17.6 Å². The number of hydrogen-bond donors (Lipinski definition) is 2. The fraction of sp³-hybridized carbons (Fsp3) is 0.652. The van der Waals surface area contributed by atoms with Gasteiger partial charge in [-0.15, -0.1) is 0 Å². The predicted octanol–water partition coefficient (Wildman–Crippen LogP) is 3.19. The van der Waals surface area contributed by atoms with Gasteiger partial charge in [0, 0.05) is 24.2 Å². The van der Waals surface area contributed by atoms with Gasteiger partial charge in [0.1, 0.15) is 11.3 Å². The molecule has 176 valence electrons. The highest BCUT2D eigenvalue weighted by molar-refractivity contribution is 5.94. The molecule has 2 amide bonds. The van der Waals surface area contributed by atoms with Gasteiger partial charge in [-0.25, -0.2) is 0 Å². The Balaban J connectivity index is 1.28. The van der Waals surface area contributed by atoms with Crippen LogP contribution in [0.4, 0.5) is 13.2 Å². The van der Waals surface area contributed by atoms with Crippen molar-refractivity contribution >= 4 is 11.8 Å². The molecule has 3 aliphatic rings. The van der Waals surface area contributed by atoms with Crippen molar-refractivity contribution < 1.29 is 27.5 Å². The third-order valence-corrected chi connectivity index (χ3v) is 7.08. The van der Waals surface area contributed by atoms with Crippen molar-refractivity contribution in [2.45, 2.75) is 69.2 Å². The van der Waals surface area contributed by atoms with Gasteiger partial charge in [0.25, 0.3) is 5.91 Å². The van der Waals surface area contributed by atoms with Gasteiger partial charge in [-0.1, -0.05) is 0 Å². The van der Waals surface area contributed by atoms with Gasteiger partial charge in [0.05, 0.1) is 13.7 Å². The Morgan fingerprint density at radius 2 is 1.81 bits per heavy atom. The number of nitrogens with zero attached hydrogens (tertiary/aromatic N) is 1. The van der Waals surface area contributed by atoms with Crippen molar-refractivity contribution in [3.63, 3.8) is 0 Å². The molecule has 32 heavy (non-hydrogen) atoms. The summed E-state index contributed by atoms with van der Waals surface area (Å²) in [5.74, 6) is 0.227. The molecule has 3 atom stereocenters. The Morgan fingerprint density at radius 1 is 1.16 bits per heavy atom. The molecule has 1 aliphatic carbocycles. The van der Waals surface area contributed by atoms with E-state index in [0.29, 0.717) is 17.9 Å². The van der Waals surface area contributed by atoms with Crippen LogP contribution in [0, 0.1) is 12.8 Å². The van der Waals surface area contributed by atoms with Crippen molar-refractivity contribution in [1.82, 2.24) is 15.5 Å². The molecule has 2 N–H and O–H groups in total. The molecule has 0 spiro atoms.